The zero-order valence-electron chi connectivity index (χ0n) is 16.4. The van der Waals surface area contributed by atoms with Crippen molar-refractivity contribution in [2.24, 2.45) is 4.99 Å². The number of nitrogens with one attached hydrogen (secondary N) is 1. The molecule has 6 heteroatoms. The molecule has 1 N–H and O–H groups in total. The average Bonchev–Trinajstić information content (AvgIpc) is 3.19. The fraction of sp³-hybridized carbons (Fsp3) is 0.500. The monoisotopic (exact) mass is 371 g/mol. The number of fused-ring (bicyclic) bond motifs is 1. The quantitative estimate of drug-likeness (QED) is 0.648. The first-order valence-electron chi connectivity index (χ1n) is 9.00. The van der Waals surface area contributed by atoms with Crippen LogP contribution in [0.3, 0.4) is 0 Å². The lowest BCUT2D eigenvalue weighted by atomic mass is 9.94. The maximum Gasteiger partial charge on any atom is 0.193 e. The van der Waals surface area contributed by atoms with Crippen molar-refractivity contribution in [2.45, 2.75) is 31.8 Å². The number of thiazole rings is 1. The van der Waals surface area contributed by atoms with Crippen molar-refractivity contribution >= 4 is 17.3 Å². The molecule has 26 heavy (non-hydrogen) atoms. The SMILES string of the molecule is CN=C(NCC1(N(C)C)Cc2ccccc2C1)N(C)Cc1csc(C)n1. The van der Waals surface area contributed by atoms with E-state index in [4.69, 9.17) is 0 Å². The van der Waals surface area contributed by atoms with E-state index in [1.54, 1.807) is 11.3 Å². The van der Waals surface area contributed by atoms with Gasteiger partial charge in [0, 0.05) is 31.6 Å². The minimum absolute atomic E-state index is 0.0810. The number of aliphatic imine (C=N–C) groups is 1. The van der Waals surface area contributed by atoms with Crippen LogP contribution >= 0.6 is 11.3 Å². The lowest BCUT2D eigenvalue weighted by Gasteiger charge is -2.37. The van der Waals surface area contributed by atoms with E-state index < -0.39 is 0 Å². The smallest absolute Gasteiger partial charge is 0.193 e. The van der Waals surface area contributed by atoms with Gasteiger partial charge in [-0.1, -0.05) is 24.3 Å². The molecular weight excluding hydrogens is 342 g/mol. The van der Waals surface area contributed by atoms with Crippen molar-refractivity contribution in [3.63, 3.8) is 0 Å². The highest BCUT2D eigenvalue weighted by molar-refractivity contribution is 7.09. The Kier molecular flexibility index (Phi) is 5.63. The normalized spacial score (nSPS) is 16.0. The van der Waals surface area contributed by atoms with E-state index in [0.29, 0.717) is 0 Å². The number of likely N-dealkylation sites (N-methyl/N-ethyl adjacent to an activating group) is 1. The summed E-state index contributed by atoms with van der Waals surface area (Å²) in [6, 6.07) is 8.79. The number of benzene rings is 1. The average molecular weight is 372 g/mol. The Hall–Kier alpha value is -1.92. The van der Waals surface area contributed by atoms with Gasteiger partial charge in [0.05, 0.1) is 17.2 Å². The van der Waals surface area contributed by atoms with Crippen molar-refractivity contribution in [3.8, 4) is 0 Å². The van der Waals surface area contributed by atoms with E-state index in [-0.39, 0.29) is 5.54 Å². The molecule has 0 fully saturated rings. The largest absolute Gasteiger partial charge is 0.354 e. The lowest BCUT2D eigenvalue weighted by Crippen LogP contribution is -2.55. The number of aromatic nitrogens is 1. The lowest BCUT2D eigenvalue weighted by molar-refractivity contribution is 0.163. The van der Waals surface area contributed by atoms with Gasteiger partial charge >= 0.3 is 0 Å². The first-order valence-corrected chi connectivity index (χ1v) is 9.88. The molecule has 1 aromatic carbocycles. The minimum Gasteiger partial charge on any atom is -0.354 e. The van der Waals surface area contributed by atoms with Gasteiger partial charge < -0.3 is 15.1 Å². The van der Waals surface area contributed by atoms with Crippen LogP contribution in [0.5, 0.6) is 0 Å². The number of hydrogen-bond donors (Lipinski definition) is 1. The number of aryl methyl sites for hydroxylation is 1. The second kappa shape index (κ2) is 7.76. The molecule has 0 aliphatic heterocycles. The second-order valence-electron chi connectivity index (χ2n) is 7.36. The molecule has 1 heterocycles. The van der Waals surface area contributed by atoms with Crippen molar-refractivity contribution in [1.82, 2.24) is 20.1 Å². The Bertz CT molecular complexity index is 755. The molecule has 0 atom stereocenters. The summed E-state index contributed by atoms with van der Waals surface area (Å²) in [5.74, 6) is 0.910. The Morgan fingerprint density at radius 3 is 2.38 bits per heavy atom. The summed E-state index contributed by atoms with van der Waals surface area (Å²) >= 11 is 1.69. The molecule has 0 unspecified atom stereocenters. The summed E-state index contributed by atoms with van der Waals surface area (Å²) in [6.07, 6.45) is 2.13. The van der Waals surface area contributed by atoms with Crippen molar-refractivity contribution in [3.05, 3.63) is 51.5 Å². The van der Waals surface area contributed by atoms with E-state index in [0.717, 1.165) is 42.6 Å². The highest BCUT2D eigenvalue weighted by Crippen LogP contribution is 2.33. The first kappa shape index (κ1) is 18.9. The summed E-state index contributed by atoms with van der Waals surface area (Å²) in [5, 5.41) is 6.83. The van der Waals surface area contributed by atoms with Gasteiger partial charge in [0.2, 0.25) is 0 Å². The number of rotatable bonds is 5. The van der Waals surface area contributed by atoms with Crippen LogP contribution in [0.1, 0.15) is 21.8 Å². The molecule has 140 valence electrons. The molecule has 0 saturated carbocycles. The van der Waals surface area contributed by atoms with Crippen LogP contribution < -0.4 is 5.32 Å². The van der Waals surface area contributed by atoms with Gasteiger partial charge in [0.15, 0.2) is 5.96 Å². The van der Waals surface area contributed by atoms with Crippen LogP contribution in [-0.2, 0) is 19.4 Å². The van der Waals surface area contributed by atoms with Crippen molar-refractivity contribution in [1.29, 1.82) is 0 Å². The van der Waals surface area contributed by atoms with Gasteiger partial charge in [-0.3, -0.25) is 4.99 Å². The molecule has 5 nitrogen and oxygen atoms in total. The first-order chi connectivity index (χ1) is 12.4. The van der Waals surface area contributed by atoms with E-state index in [1.165, 1.54) is 11.1 Å². The summed E-state index contributed by atoms with van der Waals surface area (Å²) in [4.78, 5) is 13.5. The van der Waals surface area contributed by atoms with Crippen molar-refractivity contribution < 1.29 is 0 Å². The summed E-state index contributed by atoms with van der Waals surface area (Å²) in [5.41, 5.74) is 4.10. The molecule has 0 spiro atoms. The third-order valence-corrected chi connectivity index (χ3v) is 6.14. The van der Waals surface area contributed by atoms with Gasteiger partial charge in [0.1, 0.15) is 0 Å². The summed E-state index contributed by atoms with van der Waals surface area (Å²) in [6.45, 7) is 3.67. The summed E-state index contributed by atoms with van der Waals surface area (Å²) in [7, 11) is 8.27. The van der Waals surface area contributed by atoms with E-state index in [9.17, 15) is 0 Å². The molecule has 1 aliphatic carbocycles. The molecule has 1 aliphatic rings. The van der Waals surface area contributed by atoms with Gasteiger partial charge in [-0.15, -0.1) is 11.3 Å². The highest BCUT2D eigenvalue weighted by Gasteiger charge is 2.39. The van der Waals surface area contributed by atoms with Gasteiger partial charge in [-0.05, 0) is 45.0 Å². The minimum atomic E-state index is 0.0810. The van der Waals surface area contributed by atoms with Crippen LogP contribution in [-0.4, -0.2) is 61.0 Å². The molecule has 2 aromatic rings. The predicted molar refractivity (Wildman–Crippen MR) is 110 cm³/mol. The maximum absolute atomic E-state index is 4.56. The van der Waals surface area contributed by atoms with Crippen LogP contribution in [0.25, 0.3) is 0 Å². The molecule has 0 saturated heterocycles. The molecule has 0 radical (unpaired) electrons. The van der Waals surface area contributed by atoms with Gasteiger partial charge in [-0.2, -0.15) is 0 Å². The molecule has 0 amide bonds. The zero-order chi connectivity index (χ0) is 18.7. The fourth-order valence-electron chi connectivity index (χ4n) is 3.70. The molecule has 1 aromatic heterocycles. The predicted octanol–water partition coefficient (Wildman–Crippen LogP) is 2.56. The Morgan fingerprint density at radius 1 is 1.23 bits per heavy atom. The maximum atomic E-state index is 4.56. The third-order valence-electron chi connectivity index (χ3n) is 5.32. The number of hydrogen-bond acceptors (Lipinski definition) is 4. The van der Waals surface area contributed by atoms with Gasteiger partial charge in [-0.25, -0.2) is 4.98 Å². The third kappa shape index (κ3) is 3.91. The molecule has 0 bridgehead atoms. The number of nitrogens with zero attached hydrogens (tertiary/aromatic N) is 4. The van der Waals surface area contributed by atoms with E-state index in [2.05, 4.69) is 75.9 Å². The zero-order valence-corrected chi connectivity index (χ0v) is 17.2. The van der Waals surface area contributed by atoms with Crippen LogP contribution in [0.4, 0.5) is 0 Å². The standard InChI is InChI=1S/C20H29N5S/c1-15-23-18(13-26-15)12-25(5)19(21-2)22-14-20(24(3)4)10-16-8-6-7-9-17(16)11-20/h6-9,13H,10-12,14H2,1-5H3,(H,21,22). The van der Waals surface area contributed by atoms with Gasteiger partial charge in [0.25, 0.3) is 0 Å². The molecular formula is C20H29N5S. The van der Waals surface area contributed by atoms with Crippen LogP contribution in [0.15, 0.2) is 34.6 Å². The molecule has 3 rings (SSSR count). The topological polar surface area (TPSA) is 43.8 Å². The fourth-order valence-corrected chi connectivity index (χ4v) is 4.30. The Balaban J connectivity index is 1.67. The van der Waals surface area contributed by atoms with Crippen LogP contribution in [0.2, 0.25) is 0 Å². The summed E-state index contributed by atoms with van der Waals surface area (Å²) < 4.78 is 0. The Morgan fingerprint density at radius 2 is 1.88 bits per heavy atom. The Labute approximate surface area is 160 Å². The van der Waals surface area contributed by atoms with Crippen LogP contribution in [0, 0.1) is 6.92 Å². The van der Waals surface area contributed by atoms with E-state index in [1.807, 2.05) is 14.0 Å². The van der Waals surface area contributed by atoms with Crippen molar-refractivity contribution in [2.75, 3.05) is 34.7 Å². The second-order valence-corrected chi connectivity index (χ2v) is 8.42. The number of guanidine groups is 1. The van der Waals surface area contributed by atoms with E-state index >= 15 is 0 Å². The highest BCUT2D eigenvalue weighted by atomic mass is 32.1.